The van der Waals surface area contributed by atoms with Crippen molar-refractivity contribution < 1.29 is 9.59 Å². The normalized spacial score (nSPS) is 18.3. The summed E-state index contributed by atoms with van der Waals surface area (Å²) in [6, 6.07) is 16.4. The molecule has 0 saturated carbocycles. The minimum Gasteiger partial charge on any atom is -0.398 e. The van der Waals surface area contributed by atoms with Crippen LogP contribution in [0.2, 0.25) is 0 Å². The van der Waals surface area contributed by atoms with Crippen LogP contribution in [-0.4, -0.2) is 17.1 Å². The number of hydrogen-bond acceptors (Lipinski definition) is 4. The molecule has 1 aliphatic rings. The van der Waals surface area contributed by atoms with Gasteiger partial charge in [-0.15, -0.1) is 11.8 Å². The summed E-state index contributed by atoms with van der Waals surface area (Å²) >= 11 is 1.35. The number of benzene rings is 2. The molecule has 1 aliphatic heterocycles. The van der Waals surface area contributed by atoms with Crippen molar-refractivity contribution in [2.75, 3.05) is 10.6 Å². The van der Waals surface area contributed by atoms with Gasteiger partial charge >= 0.3 is 0 Å². The predicted octanol–water partition coefficient (Wildman–Crippen LogP) is 2.69. The van der Waals surface area contributed by atoms with Gasteiger partial charge in [0.1, 0.15) is 0 Å². The molecule has 21 heavy (non-hydrogen) atoms. The lowest BCUT2D eigenvalue weighted by Gasteiger charge is -2.15. The number of para-hydroxylation sites is 2. The Bertz CT molecular complexity index is 688. The van der Waals surface area contributed by atoms with E-state index in [4.69, 9.17) is 5.73 Å². The van der Waals surface area contributed by atoms with E-state index in [0.29, 0.717) is 11.4 Å². The first-order valence-electron chi connectivity index (χ1n) is 6.60. The number of nitrogens with zero attached hydrogens (tertiary/aromatic N) is 1. The van der Waals surface area contributed by atoms with Gasteiger partial charge in [-0.3, -0.25) is 9.59 Å². The van der Waals surface area contributed by atoms with Gasteiger partial charge in [0.15, 0.2) is 0 Å². The fourth-order valence-electron chi connectivity index (χ4n) is 2.29. The Kier molecular flexibility index (Phi) is 3.66. The highest BCUT2D eigenvalue weighted by molar-refractivity contribution is 8.00. The Morgan fingerprint density at radius 3 is 2.38 bits per heavy atom. The standard InChI is InChI=1S/C16H14N2O2S/c17-12-8-4-5-9-13(12)21-14-10-15(19)18(16(14)20)11-6-2-1-3-7-11/h1-9,14H,10,17H2. The van der Waals surface area contributed by atoms with Crippen molar-refractivity contribution in [3.8, 4) is 0 Å². The van der Waals surface area contributed by atoms with E-state index in [-0.39, 0.29) is 18.2 Å². The third-order valence-corrected chi connectivity index (χ3v) is 4.59. The molecule has 2 aromatic carbocycles. The average Bonchev–Trinajstić information content (AvgIpc) is 2.77. The number of amides is 2. The molecule has 1 fully saturated rings. The molecule has 2 N–H and O–H groups in total. The van der Waals surface area contributed by atoms with Gasteiger partial charge in [-0.25, -0.2) is 4.90 Å². The molecule has 0 spiro atoms. The molecule has 0 aliphatic carbocycles. The molecule has 106 valence electrons. The van der Waals surface area contributed by atoms with E-state index in [1.807, 2.05) is 36.4 Å². The van der Waals surface area contributed by atoms with Crippen LogP contribution in [0.25, 0.3) is 0 Å². The maximum absolute atomic E-state index is 12.5. The summed E-state index contributed by atoms with van der Waals surface area (Å²) in [4.78, 5) is 26.7. The van der Waals surface area contributed by atoms with E-state index >= 15 is 0 Å². The number of anilines is 2. The molecule has 4 nitrogen and oxygen atoms in total. The minimum atomic E-state index is -0.414. The van der Waals surface area contributed by atoms with Gasteiger partial charge in [-0.05, 0) is 24.3 Å². The number of carbonyl (C=O) groups excluding carboxylic acids is 2. The third kappa shape index (κ3) is 2.64. The summed E-state index contributed by atoms with van der Waals surface area (Å²) in [6.07, 6.45) is 0.201. The SMILES string of the molecule is Nc1ccccc1SC1CC(=O)N(c2ccccc2)C1=O. The minimum absolute atomic E-state index is 0.168. The number of nitrogen functional groups attached to an aromatic ring is 1. The van der Waals surface area contributed by atoms with Crippen molar-refractivity contribution in [2.45, 2.75) is 16.6 Å². The van der Waals surface area contributed by atoms with Crippen LogP contribution in [0, 0.1) is 0 Å². The smallest absolute Gasteiger partial charge is 0.247 e. The van der Waals surface area contributed by atoms with Crippen LogP contribution in [-0.2, 0) is 9.59 Å². The molecule has 3 rings (SSSR count). The highest BCUT2D eigenvalue weighted by atomic mass is 32.2. The third-order valence-electron chi connectivity index (χ3n) is 3.31. The molecule has 5 heteroatoms. The molecule has 1 saturated heterocycles. The zero-order valence-electron chi connectivity index (χ0n) is 11.2. The van der Waals surface area contributed by atoms with E-state index in [0.717, 1.165) is 4.90 Å². The monoisotopic (exact) mass is 298 g/mol. The Morgan fingerprint density at radius 1 is 1.00 bits per heavy atom. The number of imide groups is 1. The van der Waals surface area contributed by atoms with Crippen molar-refractivity contribution in [2.24, 2.45) is 0 Å². The molecule has 1 unspecified atom stereocenters. The first-order chi connectivity index (χ1) is 10.2. The second-order valence-corrected chi connectivity index (χ2v) is 6.00. The van der Waals surface area contributed by atoms with Gasteiger partial charge in [0.25, 0.3) is 0 Å². The molecule has 2 amide bonds. The summed E-state index contributed by atoms with van der Waals surface area (Å²) in [5, 5.41) is -0.414. The quantitative estimate of drug-likeness (QED) is 0.699. The number of rotatable bonds is 3. The lowest BCUT2D eigenvalue weighted by Crippen LogP contribution is -2.31. The second-order valence-electron chi connectivity index (χ2n) is 4.75. The van der Waals surface area contributed by atoms with Crippen LogP contribution in [0.5, 0.6) is 0 Å². The molecular weight excluding hydrogens is 284 g/mol. The van der Waals surface area contributed by atoms with E-state index in [1.54, 1.807) is 18.2 Å². The first-order valence-corrected chi connectivity index (χ1v) is 7.48. The highest BCUT2D eigenvalue weighted by Gasteiger charge is 2.40. The van der Waals surface area contributed by atoms with E-state index in [1.165, 1.54) is 16.7 Å². The van der Waals surface area contributed by atoms with Crippen molar-refractivity contribution in [3.63, 3.8) is 0 Å². The topological polar surface area (TPSA) is 63.4 Å². The van der Waals surface area contributed by atoms with Crippen LogP contribution < -0.4 is 10.6 Å². The largest absolute Gasteiger partial charge is 0.398 e. The maximum Gasteiger partial charge on any atom is 0.247 e. The Balaban J connectivity index is 1.83. The van der Waals surface area contributed by atoms with Gasteiger partial charge in [-0.2, -0.15) is 0 Å². The number of carbonyl (C=O) groups is 2. The average molecular weight is 298 g/mol. The van der Waals surface area contributed by atoms with Crippen molar-refractivity contribution >= 4 is 35.0 Å². The summed E-state index contributed by atoms with van der Waals surface area (Å²) < 4.78 is 0. The summed E-state index contributed by atoms with van der Waals surface area (Å²) in [5.41, 5.74) is 7.14. The lowest BCUT2D eigenvalue weighted by atomic mass is 10.3. The molecule has 0 bridgehead atoms. The van der Waals surface area contributed by atoms with Gasteiger partial charge in [0.2, 0.25) is 11.8 Å². The molecule has 0 aromatic heterocycles. The van der Waals surface area contributed by atoms with Crippen LogP contribution in [0.1, 0.15) is 6.42 Å². The molecular formula is C16H14N2O2S. The number of nitrogens with two attached hydrogens (primary N) is 1. The fourth-order valence-corrected chi connectivity index (χ4v) is 3.39. The zero-order valence-corrected chi connectivity index (χ0v) is 12.0. The van der Waals surface area contributed by atoms with E-state index in [2.05, 4.69) is 0 Å². The van der Waals surface area contributed by atoms with Crippen LogP contribution in [0.15, 0.2) is 59.5 Å². The number of hydrogen-bond donors (Lipinski definition) is 1. The van der Waals surface area contributed by atoms with Gasteiger partial charge in [-0.1, -0.05) is 30.3 Å². The Labute approximate surface area is 126 Å². The van der Waals surface area contributed by atoms with E-state index in [9.17, 15) is 9.59 Å². The maximum atomic E-state index is 12.5. The van der Waals surface area contributed by atoms with Crippen LogP contribution >= 0.6 is 11.8 Å². The predicted molar refractivity (Wildman–Crippen MR) is 84.1 cm³/mol. The van der Waals surface area contributed by atoms with Crippen molar-refractivity contribution in [3.05, 3.63) is 54.6 Å². The molecule has 2 aromatic rings. The van der Waals surface area contributed by atoms with Gasteiger partial charge < -0.3 is 5.73 Å². The highest BCUT2D eigenvalue weighted by Crippen LogP contribution is 2.36. The molecule has 1 heterocycles. The van der Waals surface area contributed by atoms with E-state index < -0.39 is 5.25 Å². The Hall–Kier alpha value is -2.27. The lowest BCUT2D eigenvalue weighted by molar-refractivity contribution is -0.121. The molecule has 1 atom stereocenters. The summed E-state index contributed by atoms with van der Waals surface area (Å²) in [6.45, 7) is 0. The summed E-state index contributed by atoms with van der Waals surface area (Å²) in [5.74, 6) is -0.349. The van der Waals surface area contributed by atoms with Crippen LogP contribution in [0.4, 0.5) is 11.4 Å². The van der Waals surface area contributed by atoms with Crippen LogP contribution in [0.3, 0.4) is 0 Å². The first kappa shape index (κ1) is 13.7. The van der Waals surface area contributed by atoms with Crippen molar-refractivity contribution in [1.82, 2.24) is 0 Å². The summed E-state index contributed by atoms with van der Waals surface area (Å²) in [7, 11) is 0. The van der Waals surface area contributed by atoms with Crippen molar-refractivity contribution in [1.29, 1.82) is 0 Å². The molecule has 0 radical (unpaired) electrons. The fraction of sp³-hybridized carbons (Fsp3) is 0.125. The van der Waals surface area contributed by atoms with Gasteiger partial charge in [0, 0.05) is 17.0 Å². The zero-order chi connectivity index (χ0) is 14.8. The number of thioether (sulfide) groups is 1. The Morgan fingerprint density at radius 2 is 1.67 bits per heavy atom. The second kappa shape index (κ2) is 5.61. The van der Waals surface area contributed by atoms with Gasteiger partial charge in [0.05, 0.1) is 10.9 Å².